The Morgan fingerprint density at radius 1 is 1.47 bits per heavy atom. The van der Waals surface area contributed by atoms with Crippen LogP contribution in [0.4, 0.5) is 0 Å². The van der Waals surface area contributed by atoms with Crippen LogP contribution in [0.15, 0.2) is 30.0 Å². The van der Waals surface area contributed by atoms with Gasteiger partial charge in [0.15, 0.2) is 0 Å². The van der Waals surface area contributed by atoms with Crippen molar-refractivity contribution >= 4 is 35.6 Å². The average Bonchev–Trinajstić information content (AvgIpc) is 3.49. The molecule has 0 bridgehead atoms. The normalized spacial score (nSPS) is 27.9. The van der Waals surface area contributed by atoms with Gasteiger partial charge in [-0.05, 0) is 13.0 Å². The Morgan fingerprint density at radius 2 is 2.28 bits per heavy atom. The molecule has 13 heteroatoms. The van der Waals surface area contributed by atoms with Gasteiger partial charge in [0.2, 0.25) is 0 Å². The zero-order valence-corrected chi connectivity index (χ0v) is 19.2. The van der Waals surface area contributed by atoms with Crippen molar-refractivity contribution in [1.29, 1.82) is 5.26 Å². The van der Waals surface area contributed by atoms with E-state index < -0.39 is 35.9 Å². The van der Waals surface area contributed by atoms with Crippen LogP contribution in [0, 0.1) is 11.3 Å². The molecule has 2 N–H and O–H groups in total. The van der Waals surface area contributed by atoms with Crippen LogP contribution in [0.5, 0.6) is 0 Å². The molecule has 0 aliphatic carbocycles. The number of aliphatic hydroxyl groups excluding tert-OH is 2. The van der Waals surface area contributed by atoms with E-state index in [9.17, 15) is 15.5 Å². The van der Waals surface area contributed by atoms with Gasteiger partial charge in [-0.15, -0.1) is 29.1 Å². The van der Waals surface area contributed by atoms with E-state index in [0.717, 1.165) is 0 Å². The van der Waals surface area contributed by atoms with Crippen molar-refractivity contribution in [2.24, 2.45) is 0 Å². The number of hydrogen-bond donors (Lipinski definition) is 3. The molecule has 1 fully saturated rings. The maximum atomic E-state index is 11.6. The molecule has 0 saturated carbocycles. The van der Waals surface area contributed by atoms with E-state index in [0.29, 0.717) is 10.7 Å². The second kappa shape index (κ2) is 9.40. The Balaban J connectivity index is 2.04. The summed E-state index contributed by atoms with van der Waals surface area (Å²) in [6.45, 7) is 1.51. The number of nitrogens with zero attached hydrogens (tertiary/aromatic N) is 6. The van der Waals surface area contributed by atoms with Crippen molar-refractivity contribution in [1.82, 2.24) is 25.0 Å². The number of nitriles is 1. The molecule has 5 atom stereocenters. The van der Waals surface area contributed by atoms with Crippen molar-refractivity contribution in [3.63, 3.8) is 0 Å². The van der Waals surface area contributed by atoms with Crippen LogP contribution in [0.1, 0.15) is 18.2 Å². The highest BCUT2D eigenvalue weighted by atomic mass is 35.5. The molecule has 4 rings (SSSR count). The number of thiazole rings is 1. The van der Waals surface area contributed by atoms with Crippen molar-refractivity contribution < 1.29 is 19.7 Å². The lowest BCUT2D eigenvalue weighted by atomic mass is 9.74. The van der Waals surface area contributed by atoms with Gasteiger partial charge in [0.25, 0.3) is 0 Å². The highest BCUT2D eigenvalue weighted by molar-refractivity contribution is 7.80. The van der Waals surface area contributed by atoms with Gasteiger partial charge in [0.05, 0.1) is 17.8 Å². The monoisotopic (exact) mass is 494 g/mol. The molecule has 1 saturated heterocycles. The summed E-state index contributed by atoms with van der Waals surface area (Å²) in [7, 11) is 0. The first kappa shape index (κ1) is 23.1. The van der Waals surface area contributed by atoms with Crippen LogP contribution in [0.25, 0.3) is 10.7 Å². The maximum Gasteiger partial charge on any atom is 0.150 e. The van der Waals surface area contributed by atoms with Crippen LogP contribution < -0.4 is 0 Å². The summed E-state index contributed by atoms with van der Waals surface area (Å²) >= 11 is 12.2. The highest BCUT2D eigenvalue weighted by Crippen LogP contribution is 2.45. The minimum absolute atomic E-state index is 0.00331. The lowest BCUT2D eigenvalue weighted by Crippen LogP contribution is -2.68. The topological polar surface area (TPSA) is 139 Å². The maximum absolute atomic E-state index is 11.6. The first-order valence-electron chi connectivity index (χ1n) is 9.60. The number of aromatic nitrogens is 5. The third kappa shape index (κ3) is 3.69. The van der Waals surface area contributed by atoms with Crippen LogP contribution >= 0.6 is 35.6 Å². The Bertz CT molecular complexity index is 1120. The summed E-state index contributed by atoms with van der Waals surface area (Å²) in [5, 5.41) is 42.5. The molecule has 32 heavy (non-hydrogen) atoms. The molecule has 10 nitrogen and oxygen atoms in total. The van der Waals surface area contributed by atoms with E-state index in [1.54, 1.807) is 24.7 Å². The van der Waals surface area contributed by atoms with Crippen molar-refractivity contribution in [3.05, 3.63) is 46.3 Å². The molecular weight excluding hydrogens is 476 g/mol. The number of rotatable bonds is 6. The summed E-state index contributed by atoms with van der Waals surface area (Å²) in [5.41, 5.74) is -1.79. The molecule has 0 radical (unpaired) electrons. The Morgan fingerprint density at radius 3 is 2.94 bits per heavy atom. The fourth-order valence-corrected chi connectivity index (χ4v) is 5.17. The summed E-state index contributed by atoms with van der Waals surface area (Å²) in [6, 6.07) is 3.56. The van der Waals surface area contributed by atoms with Crippen molar-refractivity contribution in [3.8, 4) is 16.8 Å². The predicted octanol–water partition coefficient (Wildman–Crippen LogP) is 1.48. The Labute approximate surface area is 197 Å². The standard InChI is InChI=1S/C19H19ClN6O4S2/c1-2-29-16-18(31)30-14(9-27)15(28)19(16,11-5-10(20)7-23-12(11)6-21)26-8-13(24-25-26)17-22-3-4-32-17/h3-5,7-8,14-16,18,27-28,31H,2,9H2,1H3/t14-,15+,16+,18-,19+/m0/s1. The van der Waals surface area contributed by atoms with Gasteiger partial charge < -0.3 is 19.7 Å². The van der Waals surface area contributed by atoms with Gasteiger partial charge >= 0.3 is 0 Å². The fraction of sp³-hybridized carbons (Fsp3) is 0.421. The fourth-order valence-electron chi connectivity index (χ4n) is 3.95. The van der Waals surface area contributed by atoms with E-state index in [4.69, 9.17) is 21.1 Å². The number of thiol groups is 1. The molecule has 1 aliphatic rings. The van der Waals surface area contributed by atoms with Crippen LogP contribution in [-0.2, 0) is 15.0 Å². The second-order valence-corrected chi connectivity index (χ2v) is 8.78. The number of ether oxygens (including phenoxy) is 2. The zero-order chi connectivity index (χ0) is 22.9. The van der Waals surface area contributed by atoms with Gasteiger partial charge in [-0.25, -0.2) is 14.6 Å². The quantitative estimate of drug-likeness (QED) is 0.434. The highest BCUT2D eigenvalue weighted by Gasteiger charge is 2.60. The van der Waals surface area contributed by atoms with Crippen molar-refractivity contribution in [2.45, 2.75) is 36.2 Å². The molecule has 0 amide bonds. The first-order chi connectivity index (χ1) is 15.5. The molecular formula is C19H19ClN6O4S2. The number of aliphatic hydroxyl groups is 2. The first-order valence-corrected chi connectivity index (χ1v) is 11.4. The molecule has 4 heterocycles. The van der Waals surface area contributed by atoms with Gasteiger partial charge in [0, 0.05) is 29.9 Å². The molecule has 3 aromatic heterocycles. The van der Waals surface area contributed by atoms with E-state index in [1.165, 1.54) is 28.3 Å². The van der Waals surface area contributed by atoms with Gasteiger partial charge in [-0.1, -0.05) is 16.8 Å². The molecule has 168 valence electrons. The van der Waals surface area contributed by atoms with Crippen LogP contribution in [0.3, 0.4) is 0 Å². The van der Waals surface area contributed by atoms with Crippen LogP contribution in [0.2, 0.25) is 5.02 Å². The third-order valence-corrected chi connectivity index (χ3v) is 6.65. The SMILES string of the molecule is CCO[C@@H]1[C@H](S)O[C@@H](CO)[C@@H](O)[C@@]1(c1cc(Cl)cnc1C#N)n1cc(-c2nccs2)nn1. The molecule has 0 spiro atoms. The van der Waals surface area contributed by atoms with E-state index >= 15 is 0 Å². The van der Waals surface area contributed by atoms with Gasteiger partial charge in [0.1, 0.15) is 51.8 Å². The predicted molar refractivity (Wildman–Crippen MR) is 118 cm³/mol. The number of hydrogen-bond acceptors (Lipinski definition) is 11. The van der Waals surface area contributed by atoms with E-state index in [-0.39, 0.29) is 22.9 Å². The third-order valence-electron chi connectivity index (χ3n) is 5.25. The van der Waals surface area contributed by atoms with Crippen LogP contribution in [-0.4, -0.2) is 72.1 Å². The number of pyridine rings is 1. The lowest BCUT2D eigenvalue weighted by molar-refractivity contribution is -0.218. The average molecular weight is 495 g/mol. The van der Waals surface area contributed by atoms with Crippen molar-refractivity contribution in [2.75, 3.05) is 13.2 Å². The number of halogens is 1. The Kier molecular flexibility index (Phi) is 6.78. The second-order valence-electron chi connectivity index (χ2n) is 6.94. The van der Waals surface area contributed by atoms with Gasteiger partial charge in [-0.3, -0.25) is 0 Å². The Hall–Kier alpha value is -2.11. The molecule has 0 unspecified atom stereocenters. The summed E-state index contributed by atoms with van der Waals surface area (Å²) < 4.78 is 13.1. The summed E-state index contributed by atoms with van der Waals surface area (Å²) in [6.07, 6.45) is 1.13. The smallest absolute Gasteiger partial charge is 0.150 e. The molecule has 3 aromatic rings. The zero-order valence-electron chi connectivity index (χ0n) is 16.7. The molecule has 0 aromatic carbocycles. The largest absolute Gasteiger partial charge is 0.394 e. The summed E-state index contributed by atoms with van der Waals surface area (Å²) in [4.78, 5) is 8.40. The minimum Gasteiger partial charge on any atom is -0.394 e. The molecule has 1 aliphatic heterocycles. The minimum atomic E-state index is -1.60. The lowest BCUT2D eigenvalue weighted by Gasteiger charge is -2.51. The summed E-state index contributed by atoms with van der Waals surface area (Å²) in [5.74, 6) is 0. The van der Waals surface area contributed by atoms with E-state index in [2.05, 4.69) is 32.9 Å². The van der Waals surface area contributed by atoms with E-state index in [1.807, 2.05) is 6.07 Å². The van der Waals surface area contributed by atoms with Gasteiger partial charge in [-0.2, -0.15) is 5.26 Å².